The molecule has 358 valence electrons. The maximum absolute atomic E-state index is 12.4. The van der Waals surface area contributed by atoms with Crippen LogP contribution in [-0.4, -0.2) is 47.4 Å². The number of ether oxygens (including phenoxy) is 1. The molecule has 2 unspecified atom stereocenters. The van der Waals surface area contributed by atoms with Crippen LogP contribution in [0.3, 0.4) is 0 Å². The molecule has 0 aliphatic rings. The van der Waals surface area contributed by atoms with E-state index in [2.05, 4.69) is 43.5 Å². The number of nitrogens with one attached hydrogen (secondary N) is 1. The fraction of sp³-hybridized carbons (Fsp3) is 0.855. The Hall–Kier alpha value is -1.92. The zero-order chi connectivity index (χ0) is 44.4. The molecule has 0 aromatic carbocycles. The monoisotopic (exact) mass is 858 g/mol. The van der Waals surface area contributed by atoms with Crippen LogP contribution < -0.4 is 5.32 Å². The van der Waals surface area contributed by atoms with E-state index >= 15 is 0 Å². The lowest BCUT2D eigenvalue weighted by molar-refractivity contribution is -0.143. The second-order valence-corrected chi connectivity index (χ2v) is 18.2. The lowest BCUT2D eigenvalue weighted by Crippen LogP contribution is -2.45. The largest absolute Gasteiger partial charge is 0.466 e. The Bertz CT molecular complexity index is 993. The number of hydrogen-bond donors (Lipinski definition) is 3. The van der Waals surface area contributed by atoms with E-state index in [0.29, 0.717) is 19.4 Å². The SMILES string of the molecule is CCCCC/C=C\C/C=C\CCCCCCCC(=O)OCCCCCCCCCCCCCCC(=O)NC(CO)C(O)/C=C/CCCCCCCCCCCCCCCCC. The smallest absolute Gasteiger partial charge is 0.305 e. The van der Waals surface area contributed by atoms with E-state index in [1.807, 2.05) is 6.08 Å². The lowest BCUT2D eigenvalue weighted by atomic mass is 10.0. The fourth-order valence-electron chi connectivity index (χ4n) is 8.02. The summed E-state index contributed by atoms with van der Waals surface area (Å²) in [5.74, 6) is -0.109. The first-order valence-corrected chi connectivity index (χ1v) is 26.8. The van der Waals surface area contributed by atoms with Crippen molar-refractivity contribution >= 4 is 11.9 Å². The highest BCUT2D eigenvalue weighted by molar-refractivity contribution is 5.76. The summed E-state index contributed by atoms with van der Waals surface area (Å²) < 4.78 is 5.45. The van der Waals surface area contributed by atoms with Crippen LogP contribution in [0.15, 0.2) is 36.5 Å². The van der Waals surface area contributed by atoms with Gasteiger partial charge in [-0.3, -0.25) is 9.59 Å². The first-order chi connectivity index (χ1) is 30.0. The van der Waals surface area contributed by atoms with Crippen molar-refractivity contribution in [1.29, 1.82) is 0 Å². The zero-order valence-corrected chi connectivity index (χ0v) is 40.6. The van der Waals surface area contributed by atoms with E-state index in [0.717, 1.165) is 70.6 Å². The second kappa shape index (κ2) is 50.7. The molecule has 0 aliphatic heterocycles. The number of unbranched alkanes of at least 4 members (excludes halogenated alkanes) is 34. The minimum absolute atomic E-state index is 0.0250. The predicted octanol–water partition coefficient (Wildman–Crippen LogP) is 16.1. The third-order valence-corrected chi connectivity index (χ3v) is 12.2. The van der Waals surface area contributed by atoms with Crippen molar-refractivity contribution in [2.45, 2.75) is 289 Å². The summed E-state index contributed by atoms with van der Waals surface area (Å²) in [6.07, 6.45) is 61.4. The minimum Gasteiger partial charge on any atom is -0.466 e. The van der Waals surface area contributed by atoms with E-state index < -0.39 is 12.1 Å². The summed E-state index contributed by atoms with van der Waals surface area (Å²) >= 11 is 0. The Kier molecular flexibility index (Phi) is 49.1. The summed E-state index contributed by atoms with van der Waals surface area (Å²) in [6, 6.07) is -0.641. The standard InChI is InChI=1S/C55H103NO5/c1-3-5-7-9-11-13-15-17-19-20-22-23-27-31-35-39-43-47-53(58)52(51-57)56-54(59)48-44-40-36-32-28-25-26-30-34-38-42-46-50-61-55(60)49-45-41-37-33-29-24-21-18-16-14-12-10-8-6-4-2/h12,14,18,21,43,47,52-53,57-58H,3-11,13,15-17,19-20,22-42,44-46,48-51H2,1-2H3,(H,56,59)/b14-12-,21-18-,47-43+. The van der Waals surface area contributed by atoms with Crippen LogP contribution in [0.5, 0.6) is 0 Å². The van der Waals surface area contributed by atoms with Gasteiger partial charge in [0.2, 0.25) is 5.91 Å². The molecule has 0 aliphatic carbocycles. The van der Waals surface area contributed by atoms with Crippen molar-refractivity contribution in [2.75, 3.05) is 13.2 Å². The molecule has 1 amide bonds. The molecule has 0 spiro atoms. The molecular formula is C55H103NO5. The van der Waals surface area contributed by atoms with Gasteiger partial charge in [-0.15, -0.1) is 0 Å². The number of carbonyl (C=O) groups excluding carboxylic acids is 2. The third kappa shape index (κ3) is 47.4. The van der Waals surface area contributed by atoms with Crippen LogP contribution in [0.25, 0.3) is 0 Å². The van der Waals surface area contributed by atoms with E-state index in [9.17, 15) is 19.8 Å². The number of rotatable bonds is 49. The van der Waals surface area contributed by atoms with Crippen molar-refractivity contribution in [3.63, 3.8) is 0 Å². The Balaban J connectivity index is 3.51. The highest BCUT2D eigenvalue weighted by atomic mass is 16.5. The Morgan fingerprint density at radius 2 is 0.820 bits per heavy atom. The van der Waals surface area contributed by atoms with E-state index in [1.54, 1.807) is 6.08 Å². The predicted molar refractivity (Wildman–Crippen MR) is 264 cm³/mol. The molecular weight excluding hydrogens is 755 g/mol. The first-order valence-electron chi connectivity index (χ1n) is 26.8. The third-order valence-electron chi connectivity index (χ3n) is 12.2. The molecule has 0 bridgehead atoms. The summed E-state index contributed by atoms with van der Waals surface area (Å²) in [4.78, 5) is 24.5. The summed E-state index contributed by atoms with van der Waals surface area (Å²) in [5.41, 5.74) is 0. The van der Waals surface area contributed by atoms with Crippen molar-refractivity contribution in [1.82, 2.24) is 5.32 Å². The number of carbonyl (C=O) groups is 2. The molecule has 0 saturated carbocycles. The van der Waals surface area contributed by atoms with Crippen LogP contribution >= 0.6 is 0 Å². The average Bonchev–Trinajstić information content (AvgIpc) is 3.26. The number of amides is 1. The van der Waals surface area contributed by atoms with Gasteiger partial charge in [0.15, 0.2) is 0 Å². The number of allylic oxidation sites excluding steroid dienone is 5. The molecule has 0 aromatic heterocycles. The highest BCUT2D eigenvalue weighted by Gasteiger charge is 2.18. The quantitative estimate of drug-likeness (QED) is 0.0322. The van der Waals surface area contributed by atoms with Gasteiger partial charge in [0, 0.05) is 12.8 Å². The molecule has 0 radical (unpaired) electrons. The molecule has 6 heteroatoms. The molecule has 6 nitrogen and oxygen atoms in total. The van der Waals surface area contributed by atoms with Gasteiger partial charge in [0.1, 0.15) is 0 Å². The lowest BCUT2D eigenvalue weighted by Gasteiger charge is -2.20. The van der Waals surface area contributed by atoms with Crippen LogP contribution in [-0.2, 0) is 14.3 Å². The van der Waals surface area contributed by atoms with E-state index in [-0.39, 0.29) is 18.5 Å². The Morgan fingerprint density at radius 1 is 0.459 bits per heavy atom. The van der Waals surface area contributed by atoms with E-state index in [4.69, 9.17) is 4.74 Å². The van der Waals surface area contributed by atoms with E-state index in [1.165, 1.54) is 180 Å². The van der Waals surface area contributed by atoms with Gasteiger partial charge in [-0.1, -0.05) is 237 Å². The van der Waals surface area contributed by atoms with Gasteiger partial charge >= 0.3 is 5.97 Å². The van der Waals surface area contributed by atoms with Crippen molar-refractivity contribution < 1.29 is 24.5 Å². The molecule has 0 rings (SSSR count). The van der Waals surface area contributed by atoms with Crippen molar-refractivity contribution in [3.8, 4) is 0 Å². The number of hydrogen-bond acceptors (Lipinski definition) is 5. The first kappa shape index (κ1) is 59.1. The second-order valence-electron chi connectivity index (χ2n) is 18.2. The van der Waals surface area contributed by atoms with Crippen LogP contribution in [0.2, 0.25) is 0 Å². The summed E-state index contributed by atoms with van der Waals surface area (Å²) in [7, 11) is 0. The number of esters is 1. The van der Waals surface area contributed by atoms with Gasteiger partial charge in [-0.25, -0.2) is 0 Å². The summed E-state index contributed by atoms with van der Waals surface area (Å²) in [6.45, 7) is 4.84. The maximum Gasteiger partial charge on any atom is 0.305 e. The minimum atomic E-state index is -0.856. The molecule has 0 aromatic rings. The van der Waals surface area contributed by atoms with Gasteiger partial charge < -0.3 is 20.3 Å². The average molecular weight is 858 g/mol. The number of aliphatic hydroxyl groups excluding tert-OH is 2. The van der Waals surface area contributed by atoms with Gasteiger partial charge in [0.05, 0.1) is 25.4 Å². The normalized spacial score (nSPS) is 12.9. The van der Waals surface area contributed by atoms with Crippen LogP contribution in [0, 0.1) is 0 Å². The molecule has 2 atom stereocenters. The Morgan fingerprint density at radius 3 is 1.28 bits per heavy atom. The topological polar surface area (TPSA) is 95.9 Å². The Labute approximate surface area is 379 Å². The maximum atomic E-state index is 12.4. The summed E-state index contributed by atoms with van der Waals surface area (Å²) in [5, 5.41) is 23.1. The van der Waals surface area contributed by atoms with Crippen LogP contribution in [0.4, 0.5) is 0 Å². The molecule has 0 saturated heterocycles. The molecule has 3 N–H and O–H groups in total. The van der Waals surface area contributed by atoms with Crippen molar-refractivity contribution in [3.05, 3.63) is 36.5 Å². The highest BCUT2D eigenvalue weighted by Crippen LogP contribution is 2.16. The number of aliphatic hydroxyl groups is 2. The van der Waals surface area contributed by atoms with Gasteiger partial charge in [-0.2, -0.15) is 0 Å². The van der Waals surface area contributed by atoms with Crippen molar-refractivity contribution in [2.24, 2.45) is 0 Å². The zero-order valence-electron chi connectivity index (χ0n) is 40.6. The molecule has 61 heavy (non-hydrogen) atoms. The van der Waals surface area contributed by atoms with Crippen LogP contribution in [0.1, 0.15) is 277 Å². The molecule has 0 fully saturated rings. The van der Waals surface area contributed by atoms with Gasteiger partial charge in [0.25, 0.3) is 0 Å². The van der Waals surface area contributed by atoms with Gasteiger partial charge in [-0.05, 0) is 64.2 Å². The fourth-order valence-corrected chi connectivity index (χ4v) is 8.02. The molecule has 0 heterocycles.